The molecule has 0 spiro atoms. The first-order valence-corrected chi connectivity index (χ1v) is 6.54. The lowest BCUT2D eigenvalue weighted by atomic mass is 10.1. The van der Waals surface area contributed by atoms with Gasteiger partial charge in [-0.2, -0.15) is 0 Å². The lowest BCUT2D eigenvalue weighted by Crippen LogP contribution is -2.26. The lowest BCUT2D eigenvalue weighted by Gasteiger charge is -2.16. The Morgan fingerprint density at radius 3 is 2.38 bits per heavy atom. The first-order valence-electron chi connectivity index (χ1n) is 6.16. The summed E-state index contributed by atoms with van der Waals surface area (Å²) in [7, 11) is 1.66. The fraction of sp³-hybridized carbons (Fsp3) is 0.133. The van der Waals surface area contributed by atoms with Crippen LogP contribution < -0.4 is 0 Å². The Hall–Kier alpha value is -2.40. The smallest absolute Gasteiger partial charge is 0.335 e. The first-order chi connectivity index (χ1) is 9.97. The number of nitrogens with zero attached hydrogens (tertiary/aromatic N) is 2. The van der Waals surface area contributed by atoms with Gasteiger partial charge in [0, 0.05) is 19.8 Å². The molecule has 5 nitrogen and oxygen atoms in total. The minimum absolute atomic E-state index is 0.215. The number of hydrogen-bond donors (Lipinski definition) is 1. The van der Waals surface area contributed by atoms with Crippen LogP contribution in [0.5, 0.6) is 0 Å². The highest BCUT2D eigenvalue weighted by molar-refractivity contribution is 6.30. The average molecular weight is 305 g/mol. The average Bonchev–Trinajstić information content (AvgIpc) is 2.47. The predicted molar refractivity (Wildman–Crippen MR) is 78.4 cm³/mol. The topological polar surface area (TPSA) is 70.5 Å². The Kier molecular flexibility index (Phi) is 4.55. The number of halogens is 1. The number of carbonyl (C=O) groups is 2. The van der Waals surface area contributed by atoms with E-state index in [0.29, 0.717) is 17.3 Å². The summed E-state index contributed by atoms with van der Waals surface area (Å²) >= 11 is 5.73. The Morgan fingerprint density at radius 1 is 1.19 bits per heavy atom. The van der Waals surface area contributed by atoms with E-state index in [4.69, 9.17) is 16.7 Å². The third kappa shape index (κ3) is 3.79. The van der Waals surface area contributed by atoms with Crippen molar-refractivity contribution in [1.82, 2.24) is 9.88 Å². The van der Waals surface area contributed by atoms with Crippen LogP contribution >= 0.6 is 11.6 Å². The Labute approximate surface area is 126 Å². The zero-order valence-corrected chi connectivity index (χ0v) is 12.0. The molecular formula is C15H13ClN2O3. The van der Waals surface area contributed by atoms with Gasteiger partial charge in [0.15, 0.2) is 0 Å². The Morgan fingerprint density at radius 2 is 1.86 bits per heavy atom. The number of hydrogen-bond acceptors (Lipinski definition) is 3. The van der Waals surface area contributed by atoms with Crippen molar-refractivity contribution in [2.24, 2.45) is 0 Å². The maximum atomic E-state index is 12.2. The van der Waals surface area contributed by atoms with Crippen molar-refractivity contribution in [2.45, 2.75) is 6.54 Å². The normalized spacial score (nSPS) is 10.2. The highest BCUT2D eigenvalue weighted by Gasteiger charge is 2.13. The van der Waals surface area contributed by atoms with Gasteiger partial charge in [-0.3, -0.25) is 4.79 Å². The maximum Gasteiger partial charge on any atom is 0.335 e. The van der Waals surface area contributed by atoms with Gasteiger partial charge in [0.05, 0.1) is 10.6 Å². The summed E-state index contributed by atoms with van der Waals surface area (Å²) in [5, 5.41) is 9.30. The molecule has 2 aromatic rings. The molecule has 21 heavy (non-hydrogen) atoms. The molecule has 0 aliphatic rings. The standard InChI is InChI=1S/C15H13ClN2O3/c1-18(14(19)13-7-6-12(16)8-17-13)9-10-2-4-11(5-3-10)15(20)21/h2-8H,9H2,1H3,(H,20,21). The van der Waals surface area contributed by atoms with Crippen LogP contribution in [-0.2, 0) is 6.54 Å². The van der Waals surface area contributed by atoms with Crippen LogP contribution in [0.1, 0.15) is 26.4 Å². The van der Waals surface area contributed by atoms with Gasteiger partial charge in [0.25, 0.3) is 5.91 Å². The Balaban J connectivity index is 2.06. The number of benzene rings is 1. The largest absolute Gasteiger partial charge is 0.478 e. The molecule has 0 radical (unpaired) electrons. The number of carboxylic acid groups (broad SMARTS) is 1. The molecule has 0 saturated heterocycles. The van der Waals surface area contributed by atoms with Crippen molar-refractivity contribution in [3.63, 3.8) is 0 Å². The molecule has 0 unspecified atom stereocenters. The molecule has 0 bridgehead atoms. The summed E-state index contributed by atoms with van der Waals surface area (Å²) in [5.41, 5.74) is 1.36. The van der Waals surface area contributed by atoms with Crippen LogP contribution in [0.3, 0.4) is 0 Å². The monoisotopic (exact) mass is 304 g/mol. The SMILES string of the molecule is CN(Cc1ccc(C(=O)O)cc1)C(=O)c1ccc(Cl)cn1. The molecule has 0 fully saturated rings. The van der Waals surface area contributed by atoms with Gasteiger partial charge in [0.2, 0.25) is 0 Å². The molecule has 1 heterocycles. The molecule has 0 aliphatic carbocycles. The van der Waals surface area contributed by atoms with Gasteiger partial charge in [0.1, 0.15) is 5.69 Å². The number of aromatic nitrogens is 1. The fourth-order valence-electron chi connectivity index (χ4n) is 1.80. The van der Waals surface area contributed by atoms with Gasteiger partial charge in [-0.15, -0.1) is 0 Å². The molecule has 0 aliphatic heterocycles. The minimum atomic E-state index is -0.976. The van der Waals surface area contributed by atoms with Crippen molar-refractivity contribution >= 4 is 23.5 Å². The van der Waals surface area contributed by atoms with Crippen molar-refractivity contribution in [3.05, 3.63) is 64.4 Å². The summed E-state index contributed by atoms with van der Waals surface area (Å²) in [4.78, 5) is 28.4. The van der Waals surface area contributed by atoms with Crippen molar-refractivity contribution in [1.29, 1.82) is 0 Å². The van der Waals surface area contributed by atoms with E-state index in [2.05, 4.69) is 4.98 Å². The predicted octanol–water partition coefficient (Wildman–Crippen LogP) is 2.71. The van der Waals surface area contributed by atoms with E-state index in [9.17, 15) is 9.59 Å². The quantitative estimate of drug-likeness (QED) is 0.943. The van der Waals surface area contributed by atoms with Crippen LogP contribution in [0.4, 0.5) is 0 Å². The van der Waals surface area contributed by atoms with Crippen molar-refractivity contribution in [3.8, 4) is 0 Å². The van der Waals surface area contributed by atoms with Gasteiger partial charge in [-0.25, -0.2) is 9.78 Å². The van der Waals surface area contributed by atoms with Crippen molar-refractivity contribution in [2.75, 3.05) is 7.05 Å². The van der Waals surface area contributed by atoms with E-state index in [1.807, 2.05) is 0 Å². The first kappa shape index (κ1) is 15.0. The second kappa shape index (κ2) is 6.37. The zero-order valence-electron chi connectivity index (χ0n) is 11.3. The van der Waals surface area contributed by atoms with Gasteiger partial charge in [-0.05, 0) is 29.8 Å². The van der Waals surface area contributed by atoms with Crippen LogP contribution in [-0.4, -0.2) is 33.9 Å². The number of aromatic carboxylic acids is 1. The summed E-state index contributed by atoms with van der Waals surface area (Å²) in [6.07, 6.45) is 1.42. The third-order valence-electron chi connectivity index (χ3n) is 2.91. The van der Waals surface area contributed by atoms with Crippen molar-refractivity contribution < 1.29 is 14.7 Å². The maximum absolute atomic E-state index is 12.2. The molecular weight excluding hydrogens is 292 g/mol. The second-order valence-corrected chi connectivity index (χ2v) is 4.96. The second-order valence-electron chi connectivity index (χ2n) is 4.52. The molecule has 108 valence electrons. The fourth-order valence-corrected chi connectivity index (χ4v) is 1.91. The molecule has 1 aromatic carbocycles. The van der Waals surface area contributed by atoms with E-state index in [0.717, 1.165) is 5.56 Å². The van der Waals surface area contributed by atoms with Gasteiger partial charge in [-0.1, -0.05) is 23.7 Å². The summed E-state index contributed by atoms with van der Waals surface area (Å²) in [6, 6.07) is 9.56. The molecule has 0 saturated carbocycles. The van der Waals surface area contributed by atoms with E-state index < -0.39 is 5.97 Å². The highest BCUT2D eigenvalue weighted by Crippen LogP contribution is 2.11. The number of amides is 1. The number of pyridine rings is 1. The Bertz CT molecular complexity index is 654. The van der Waals surface area contributed by atoms with E-state index in [1.165, 1.54) is 23.2 Å². The molecule has 1 amide bonds. The van der Waals surface area contributed by atoms with Crippen LogP contribution in [0.15, 0.2) is 42.6 Å². The molecule has 0 atom stereocenters. The summed E-state index contributed by atoms with van der Waals surface area (Å²) < 4.78 is 0. The van der Waals surface area contributed by atoms with Crippen LogP contribution in [0.25, 0.3) is 0 Å². The lowest BCUT2D eigenvalue weighted by molar-refractivity contribution is 0.0695. The minimum Gasteiger partial charge on any atom is -0.478 e. The summed E-state index contributed by atoms with van der Waals surface area (Å²) in [5.74, 6) is -1.20. The zero-order chi connectivity index (χ0) is 15.4. The van der Waals surface area contributed by atoms with Crippen LogP contribution in [0, 0.1) is 0 Å². The number of carboxylic acids is 1. The number of carbonyl (C=O) groups excluding carboxylic acids is 1. The summed E-state index contributed by atoms with van der Waals surface area (Å²) in [6.45, 7) is 0.364. The van der Waals surface area contributed by atoms with E-state index in [-0.39, 0.29) is 11.5 Å². The van der Waals surface area contributed by atoms with Gasteiger partial charge < -0.3 is 10.0 Å². The molecule has 2 rings (SSSR count). The molecule has 1 N–H and O–H groups in total. The van der Waals surface area contributed by atoms with Gasteiger partial charge >= 0.3 is 5.97 Å². The third-order valence-corrected chi connectivity index (χ3v) is 3.14. The molecule has 1 aromatic heterocycles. The van der Waals surface area contributed by atoms with Crippen LogP contribution in [0.2, 0.25) is 5.02 Å². The van der Waals surface area contributed by atoms with E-state index >= 15 is 0 Å². The van der Waals surface area contributed by atoms with E-state index in [1.54, 1.807) is 31.3 Å². The molecule has 6 heteroatoms. The number of rotatable bonds is 4. The highest BCUT2D eigenvalue weighted by atomic mass is 35.5.